The van der Waals surface area contributed by atoms with E-state index in [4.69, 9.17) is 27.0 Å². The van der Waals surface area contributed by atoms with Crippen molar-refractivity contribution in [3.63, 3.8) is 0 Å². The van der Waals surface area contributed by atoms with Crippen molar-refractivity contribution in [1.29, 1.82) is 10.7 Å². The number of alkyl halides is 1. The zero-order valence-electron chi connectivity index (χ0n) is 16.0. The standard InChI is InChI=1S/C21H26ClN5O/c1-15(11-22)13-26-21(24)27-7-4-16(5-8-27)20-10-17(20)6-9-28-19-3-2-18(12-23)25-14-19/h2-3,13-14,16-17,20,24H,1,4-11H2/b24-21?,26-13-. The van der Waals surface area contributed by atoms with Gasteiger partial charge in [0.25, 0.3) is 0 Å². The summed E-state index contributed by atoms with van der Waals surface area (Å²) in [5.74, 6) is 3.65. The molecule has 1 saturated heterocycles. The number of piperidine rings is 1. The first kappa shape index (κ1) is 20.3. The van der Waals surface area contributed by atoms with Gasteiger partial charge in [0.2, 0.25) is 5.96 Å². The first-order valence-corrected chi connectivity index (χ1v) is 10.2. The molecule has 3 rings (SSSR count). The Kier molecular flexibility index (Phi) is 7.05. The van der Waals surface area contributed by atoms with Gasteiger partial charge in [0.15, 0.2) is 0 Å². The molecule has 0 spiro atoms. The molecule has 1 N–H and O–H groups in total. The first-order chi connectivity index (χ1) is 13.6. The number of likely N-dealkylation sites (tertiary alicyclic amines) is 1. The molecule has 1 saturated carbocycles. The number of halogens is 1. The molecule has 1 aromatic rings. The molecule has 0 bridgehead atoms. The van der Waals surface area contributed by atoms with Crippen LogP contribution in [0.3, 0.4) is 0 Å². The van der Waals surface area contributed by atoms with Gasteiger partial charge in [-0.1, -0.05) is 6.58 Å². The average molecular weight is 400 g/mol. The van der Waals surface area contributed by atoms with Crippen LogP contribution in [0.4, 0.5) is 0 Å². The molecule has 148 valence electrons. The fourth-order valence-electron chi connectivity index (χ4n) is 3.85. The average Bonchev–Trinajstić information content (AvgIpc) is 3.52. The van der Waals surface area contributed by atoms with Gasteiger partial charge < -0.3 is 9.64 Å². The molecule has 1 aliphatic carbocycles. The Morgan fingerprint density at radius 3 is 2.89 bits per heavy atom. The van der Waals surface area contributed by atoms with E-state index in [2.05, 4.69) is 16.6 Å². The molecular formula is C21H26ClN5O. The Bertz CT molecular complexity index is 762. The van der Waals surface area contributed by atoms with Crippen molar-refractivity contribution in [2.75, 3.05) is 25.6 Å². The van der Waals surface area contributed by atoms with E-state index in [9.17, 15) is 0 Å². The largest absolute Gasteiger partial charge is 0.492 e. The van der Waals surface area contributed by atoms with E-state index in [1.165, 1.54) is 6.42 Å². The van der Waals surface area contributed by atoms with E-state index in [1.807, 2.05) is 11.0 Å². The maximum absolute atomic E-state index is 8.76. The molecule has 28 heavy (non-hydrogen) atoms. The highest BCUT2D eigenvalue weighted by Gasteiger charge is 2.43. The van der Waals surface area contributed by atoms with Crippen LogP contribution in [0.1, 0.15) is 31.4 Å². The van der Waals surface area contributed by atoms with Crippen LogP contribution < -0.4 is 4.74 Å². The molecule has 2 fully saturated rings. The van der Waals surface area contributed by atoms with E-state index in [1.54, 1.807) is 24.5 Å². The van der Waals surface area contributed by atoms with Gasteiger partial charge in [0, 0.05) is 25.2 Å². The highest BCUT2D eigenvalue weighted by Crippen LogP contribution is 2.49. The van der Waals surface area contributed by atoms with Crippen LogP contribution in [-0.4, -0.2) is 47.6 Å². The molecule has 7 heteroatoms. The topological polar surface area (TPSA) is 85.4 Å². The maximum atomic E-state index is 8.76. The van der Waals surface area contributed by atoms with Gasteiger partial charge in [-0.15, -0.1) is 11.6 Å². The van der Waals surface area contributed by atoms with Gasteiger partial charge in [0.05, 0.1) is 12.8 Å². The van der Waals surface area contributed by atoms with E-state index in [-0.39, 0.29) is 0 Å². The second-order valence-electron chi connectivity index (χ2n) is 7.49. The lowest BCUT2D eigenvalue weighted by Gasteiger charge is -2.32. The normalized spacial score (nSPS) is 22.1. The van der Waals surface area contributed by atoms with Crippen molar-refractivity contribution in [2.24, 2.45) is 22.7 Å². The summed E-state index contributed by atoms with van der Waals surface area (Å²) >= 11 is 5.68. The summed E-state index contributed by atoms with van der Waals surface area (Å²) in [7, 11) is 0. The van der Waals surface area contributed by atoms with Crippen molar-refractivity contribution >= 4 is 23.8 Å². The van der Waals surface area contributed by atoms with E-state index >= 15 is 0 Å². The van der Waals surface area contributed by atoms with Crippen LogP contribution in [0.5, 0.6) is 5.75 Å². The Morgan fingerprint density at radius 2 is 2.25 bits per heavy atom. The van der Waals surface area contributed by atoms with Gasteiger partial charge >= 0.3 is 0 Å². The number of nitrogens with one attached hydrogen (secondary N) is 1. The van der Waals surface area contributed by atoms with Gasteiger partial charge in [-0.3, -0.25) is 5.41 Å². The number of hydrogen-bond donors (Lipinski definition) is 1. The summed E-state index contributed by atoms with van der Waals surface area (Å²) in [5, 5.41) is 16.8. The number of aliphatic imine (C=N–C) groups is 1. The molecule has 2 heterocycles. The lowest BCUT2D eigenvalue weighted by Crippen LogP contribution is -2.38. The quantitative estimate of drug-likeness (QED) is 0.428. The van der Waals surface area contributed by atoms with Gasteiger partial charge in [-0.05, 0) is 61.1 Å². The molecule has 1 aromatic heterocycles. The van der Waals surface area contributed by atoms with Crippen molar-refractivity contribution < 1.29 is 4.74 Å². The maximum Gasteiger partial charge on any atom is 0.217 e. The molecule has 2 unspecified atom stereocenters. The number of guanidine groups is 1. The summed E-state index contributed by atoms with van der Waals surface area (Å²) in [5.41, 5.74) is 1.13. The molecule has 0 amide bonds. The minimum Gasteiger partial charge on any atom is -0.492 e. The zero-order chi connectivity index (χ0) is 19.9. The SMILES string of the molecule is C=C(/C=N\C(=N)N1CCC(C2CC2CCOc2ccc(C#N)nc2)CC1)CCl. The highest BCUT2D eigenvalue weighted by atomic mass is 35.5. The minimum atomic E-state index is 0.307. The molecule has 2 atom stereocenters. The summed E-state index contributed by atoms with van der Waals surface area (Å²) < 4.78 is 5.76. The molecule has 0 aromatic carbocycles. The van der Waals surface area contributed by atoms with E-state index in [0.29, 0.717) is 24.1 Å². The summed E-state index contributed by atoms with van der Waals surface area (Å²) in [6.07, 6.45) is 7.78. The minimum absolute atomic E-state index is 0.307. The van der Waals surface area contributed by atoms with Gasteiger partial charge in [-0.2, -0.15) is 5.26 Å². The smallest absolute Gasteiger partial charge is 0.217 e. The lowest BCUT2D eigenvalue weighted by atomic mass is 9.90. The monoisotopic (exact) mass is 399 g/mol. The molecule has 0 radical (unpaired) electrons. The summed E-state index contributed by atoms with van der Waals surface area (Å²) in [6.45, 7) is 6.25. The van der Waals surface area contributed by atoms with Gasteiger partial charge in [-0.25, -0.2) is 9.98 Å². The number of rotatable bonds is 7. The van der Waals surface area contributed by atoms with Crippen molar-refractivity contribution in [2.45, 2.75) is 25.7 Å². The van der Waals surface area contributed by atoms with Crippen molar-refractivity contribution in [3.8, 4) is 11.8 Å². The Balaban J connectivity index is 1.34. The predicted molar refractivity (Wildman–Crippen MR) is 111 cm³/mol. The highest BCUT2D eigenvalue weighted by molar-refractivity contribution is 6.21. The molecular weight excluding hydrogens is 374 g/mol. The molecule has 6 nitrogen and oxygen atoms in total. The number of hydrogen-bond acceptors (Lipinski definition) is 4. The fourth-order valence-corrected chi connectivity index (χ4v) is 3.92. The van der Waals surface area contributed by atoms with Crippen LogP contribution >= 0.6 is 11.6 Å². The van der Waals surface area contributed by atoms with Crippen LogP contribution in [-0.2, 0) is 0 Å². The van der Waals surface area contributed by atoms with E-state index in [0.717, 1.165) is 61.4 Å². The summed E-state index contributed by atoms with van der Waals surface area (Å²) in [4.78, 5) is 10.2. The third-order valence-electron chi connectivity index (χ3n) is 5.57. The summed E-state index contributed by atoms with van der Waals surface area (Å²) in [6, 6.07) is 5.48. The number of nitriles is 1. The number of allylic oxidation sites excluding steroid dienone is 1. The number of nitrogens with zero attached hydrogens (tertiary/aromatic N) is 4. The third-order valence-corrected chi connectivity index (χ3v) is 5.91. The van der Waals surface area contributed by atoms with Crippen molar-refractivity contribution in [3.05, 3.63) is 36.2 Å². The number of ether oxygens (including phenoxy) is 1. The second-order valence-corrected chi connectivity index (χ2v) is 7.75. The zero-order valence-corrected chi connectivity index (χ0v) is 16.7. The lowest BCUT2D eigenvalue weighted by molar-refractivity contribution is 0.229. The number of pyridine rings is 1. The van der Waals surface area contributed by atoms with Gasteiger partial charge in [0.1, 0.15) is 17.5 Å². The third kappa shape index (κ3) is 5.56. The Morgan fingerprint density at radius 1 is 1.46 bits per heavy atom. The Hall–Kier alpha value is -2.39. The van der Waals surface area contributed by atoms with Crippen LogP contribution in [0, 0.1) is 34.5 Å². The second kappa shape index (κ2) is 9.70. The first-order valence-electron chi connectivity index (χ1n) is 9.71. The number of aromatic nitrogens is 1. The Labute approximate surface area is 171 Å². The fraction of sp³-hybridized carbons (Fsp3) is 0.524. The predicted octanol–water partition coefficient (Wildman–Crippen LogP) is 3.87. The van der Waals surface area contributed by atoms with Crippen LogP contribution in [0.25, 0.3) is 0 Å². The van der Waals surface area contributed by atoms with Crippen molar-refractivity contribution in [1.82, 2.24) is 9.88 Å². The van der Waals surface area contributed by atoms with E-state index < -0.39 is 0 Å². The van der Waals surface area contributed by atoms with Crippen LogP contribution in [0.2, 0.25) is 0 Å². The van der Waals surface area contributed by atoms with Crippen LogP contribution in [0.15, 0.2) is 35.5 Å². The molecule has 1 aliphatic heterocycles. The molecule has 2 aliphatic rings.